The lowest BCUT2D eigenvalue weighted by atomic mass is 9.90. The second kappa shape index (κ2) is 20.0. The molecule has 0 bridgehead atoms. The maximum Gasteiger partial charge on any atom is 0.128 e. The summed E-state index contributed by atoms with van der Waals surface area (Å²) in [5.41, 5.74) is 9.01. The van der Waals surface area contributed by atoms with Crippen molar-refractivity contribution in [1.29, 1.82) is 0 Å². The Labute approximate surface area is 294 Å². The first kappa shape index (κ1) is 38.0. The summed E-state index contributed by atoms with van der Waals surface area (Å²) in [5.74, 6) is 0.458. The fourth-order valence-electron chi connectivity index (χ4n) is 6.44. The van der Waals surface area contributed by atoms with Gasteiger partial charge in [0, 0.05) is 29.4 Å². The van der Waals surface area contributed by atoms with Gasteiger partial charge in [-0.2, -0.15) is 0 Å². The quantitative estimate of drug-likeness (QED) is 0.0854. The number of unbranched alkanes of at least 4 members (excludes halogenated alkanes) is 11. The van der Waals surface area contributed by atoms with E-state index in [0.717, 1.165) is 46.2 Å². The zero-order valence-corrected chi connectivity index (χ0v) is 30.4. The predicted octanol–water partition coefficient (Wildman–Crippen LogP) is 10.3. The van der Waals surface area contributed by atoms with Crippen molar-refractivity contribution >= 4 is 0 Å². The molecule has 0 saturated heterocycles. The van der Waals surface area contributed by atoms with Gasteiger partial charge >= 0.3 is 0 Å². The van der Waals surface area contributed by atoms with Gasteiger partial charge in [0.25, 0.3) is 0 Å². The van der Waals surface area contributed by atoms with E-state index >= 15 is 0 Å². The fraction of sp³-hybridized carbons (Fsp3) is 0.500. The molecule has 0 fully saturated rings. The maximum atomic E-state index is 11.2. The Morgan fingerprint density at radius 3 is 1.71 bits per heavy atom. The number of rotatable bonds is 21. The molecule has 0 aliphatic heterocycles. The third-order valence-corrected chi connectivity index (χ3v) is 9.17. The second-order valence-corrected chi connectivity index (χ2v) is 13.6. The monoisotopic (exact) mass is 667 g/mol. The lowest BCUT2D eigenvalue weighted by Gasteiger charge is -2.18. The van der Waals surface area contributed by atoms with Gasteiger partial charge in [0.2, 0.25) is 0 Å². The van der Waals surface area contributed by atoms with Crippen LogP contribution >= 0.6 is 0 Å². The topological polar surface area (TPSA) is 97.6 Å². The molecule has 0 radical (unpaired) electrons. The van der Waals surface area contributed by atoms with E-state index in [2.05, 4.69) is 86.4 Å². The Balaban J connectivity index is 1.31. The number of aryl methyl sites for hydroxylation is 4. The van der Waals surface area contributed by atoms with E-state index < -0.39 is 6.10 Å². The molecule has 0 spiro atoms. The number of nitrogens with zero attached hydrogens (tertiary/aromatic N) is 3. The van der Waals surface area contributed by atoms with Crippen molar-refractivity contribution < 1.29 is 19.7 Å². The highest BCUT2D eigenvalue weighted by atomic mass is 16.5. The van der Waals surface area contributed by atoms with Crippen molar-refractivity contribution in [3.05, 3.63) is 76.9 Å². The van der Waals surface area contributed by atoms with Crippen LogP contribution in [0.3, 0.4) is 0 Å². The van der Waals surface area contributed by atoms with E-state index in [9.17, 15) is 10.2 Å². The average molecular weight is 668 g/mol. The SMILES string of the molecule is CCCCCCCCCCCCCCOCC(O)COc1ccc(-c2nnnc(-c3ccc(C)cc3C)c2-c2ccc(C)cc2C)c(O)c1. The summed E-state index contributed by atoms with van der Waals surface area (Å²) in [6.45, 7) is 11.5. The van der Waals surface area contributed by atoms with Gasteiger partial charge in [-0.15, -0.1) is 10.2 Å². The Kier molecular flexibility index (Phi) is 15.5. The molecule has 7 nitrogen and oxygen atoms in total. The molecule has 1 unspecified atom stereocenters. The molecule has 49 heavy (non-hydrogen) atoms. The fourth-order valence-corrected chi connectivity index (χ4v) is 6.44. The normalized spacial score (nSPS) is 12.0. The largest absolute Gasteiger partial charge is 0.507 e. The second-order valence-electron chi connectivity index (χ2n) is 13.6. The molecule has 0 saturated carbocycles. The Bertz CT molecular complexity index is 1610. The number of hydrogen-bond donors (Lipinski definition) is 2. The standard InChI is InChI=1S/C42H57N3O4/c1-6-7-8-9-10-11-12-13-14-15-16-17-24-48-28-34(46)29-49-35-20-23-38(39(47)27-35)42-40(36-21-18-30(2)25-32(36)4)41(43-45-44-42)37-22-19-31(3)26-33(37)5/h18-23,25-27,34,46-47H,6-17,24,28-29H2,1-5H3. The van der Waals surface area contributed by atoms with Gasteiger partial charge in [0.15, 0.2) is 0 Å². The van der Waals surface area contributed by atoms with E-state index in [4.69, 9.17) is 9.47 Å². The van der Waals surface area contributed by atoms with Crippen LogP contribution in [-0.4, -0.2) is 51.5 Å². The van der Waals surface area contributed by atoms with Crippen molar-refractivity contribution in [2.45, 2.75) is 118 Å². The number of phenols is 1. The summed E-state index contributed by atoms with van der Waals surface area (Å²) in [4.78, 5) is 0. The molecular weight excluding hydrogens is 610 g/mol. The molecule has 3 aromatic carbocycles. The molecule has 0 amide bonds. The average Bonchev–Trinajstić information content (AvgIpc) is 3.07. The summed E-state index contributed by atoms with van der Waals surface area (Å²) >= 11 is 0. The highest BCUT2D eigenvalue weighted by Crippen LogP contribution is 2.42. The highest BCUT2D eigenvalue weighted by Gasteiger charge is 2.22. The summed E-state index contributed by atoms with van der Waals surface area (Å²) in [7, 11) is 0. The van der Waals surface area contributed by atoms with Gasteiger partial charge in [-0.25, -0.2) is 0 Å². The molecule has 1 aromatic heterocycles. The van der Waals surface area contributed by atoms with Crippen LogP contribution in [0, 0.1) is 27.7 Å². The number of aromatic hydroxyl groups is 1. The van der Waals surface area contributed by atoms with Gasteiger partial charge in [-0.05, 0) is 68.2 Å². The van der Waals surface area contributed by atoms with Crippen LogP contribution in [-0.2, 0) is 4.74 Å². The van der Waals surface area contributed by atoms with Crippen LogP contribution in [0.2, 0.25) is 0 Å². The summed E-state index contributed by atoms with van der Waals surface area (Å²) < 4.78 is 11.5. The highest BCUT2D eigenvalue weighted by molar-refractivity contribution is 5.93. The van der Waals surface area contributed by atoms with Crippen molar-refractivity contribution in [3.63, 3.8) is 0 Å². The number of hydrogen-bond acceptors (Lipinski definition) is 7. The Morgan fingerprint density at radius 1 is 0.612 bits per heavy atom. The summed E-state index contributed by atoms with van der Waals surface area (Å²) in [6.07, 6.45) is 14.9. The minimum absolute atomic E-state index is 0.00769. The van der Waals surface area contributed by atoms with Crippen LogP contribution in [0.25, 0.3) is 33.6 Å². The van der Waals surface area contributed by atoms with E-state index in [1.54, 1.807) is 18.2 Å². The van der Waals surface area contributed by atoms with Gasteiger partial charge in [-0.1, -0.05) is 125 Å². The maximum absolute atomic E-state index is 11.2. The molecule has 1 atom stereocenters. The minimum atomic E-state index is -0.762. The minimum Gasteiger partial charge on any atom is -0.507 e. The van der Waals surface area contributed by atoms with E-state index in [1.807, 2.05) is 0 Å². The Hall–Kier alpha value is -3.81. The van der Waals surface area contributed by atoms with E-state index in [0.29, 0.717) is 29.3 Å². The number of phenolic OH excluding ortho intramolecular Hbond substituents is 1. The predicted molar refractivity (Wildman–Crippen MR) is 200 cm³/mol. The number of aliphatic hydroxyl groups excluding tert-OH is 1. The Morgan fingerprint density at radius 2 is 1.14 bits per heavy atom. The molecule has 1 heterocycles. The zero-order valence-electron chi connectivity index (χ0n) is 30.4. The van der Waals surface area contributed by atoms with E-state index in [1.165, 1.54) is 69.8 Å². The number of benzene rings is 3. The first-order valence-electron chi connectivity index (χ1n) is 18.4. The molecule has 4 aromatic rings. The first-order valence-corrected chi connectivity index (χ1v) is 18.4. The van der Waals surface area contributed by atoms with Crippen molar-refractivity contribution in [2.24, 2.45) is 0 Å². The molecule has 0 aliphatic rings. The zero-order chi connectivity index (χ0) is 35.0. The van der Waals surface area contributed by atoms with Crippen LogP contribution < -0.4 is 4.74 Å². The summed E-state index contributed by atoms with van der Waals surface area (Å²) in [5, 5.41) is 34.8. The molecule has 4 rings (SSSR count). The first-order chi connectivity index (χ1) is 23.8. The van der Waals surface area contributed by atoms with E-state index in [-0.39, 0.29) is 19.0 Å². The van der Waals surface area contributed by atoms with Crippen LogP contribution in [0.5, 0.6) is 11.5 Å². The lowest BCUT2D eigenvalue weighted by molar-refractivity contribution is 0.0109. The van der Waals surface area contributed by atoms with Crippen LogP contribution in [0.4, 0.5) is 0 Å². The van der Waals surface area contributed by atoms with Gasteiger partial charge in [-0.3, -0.25) is 0 Å². The smallest absolute Gasteiger partial charge is 0.128 e. The molecule has 0 aliphatic carbocycles. The third kappa shape index (κ3) is 11.6. The van der Waals surface area contributed by atoms with Gasteiger partial charge in [0.1, 0.15) is 35.6 Å². The molecular formula is C42H57N3O4. The van der Waals surface area contributed by atoms with Crippen molar-refractivity contribution in [3.8, 4) is 45.1 Å². The van der Waals surface area contributed by atoms with Crippen molar-refractivity contribution in [1.82, 2.24) is 15.4 Å². The third-order valence-electron chi connectivity index (χ3n) is 9.17. The summed E-state index contributed by atoms with van der Waals surface area (Å²) in [6, 6.07) is 17.7. The van der Waals surface area contributed by atoms with Gasteiger partial charge in [0.05, 0.1) is 6.61 Å². The number of aliphatic hydroxyl groups is 1. The number of aromatic nitrogens is 3. The molecule has 264 valence electrons. The molecule has 2 N–H and O–H groups in total. The number of ether oxygens (including phenoxy) is 2. The van der Waals surface area contributed by atoms with Crippen molar-refractivity contribution in [2.75, 3.05) is 19.8 Å². The van der Waals surface area contributed by atoms with Gasteiger partial charge < -0.3 is 19.7 Å². The lowest BCUT2D eigenvalue weighted by Crippen LogP contribution is -2.23. The van der Waals surface area contributed by atoms with Crippen LogP contribution in [0.15, 0.2) is 54.6 Å². The molecule has 7 heteroatoms. The van der Waals surface area contributed by atoms with Crippen LogP contribution in [0.1, 0.15) is 106 Å².